The van der Waals surface area contributed by atoms with Crippen LogP contribution in [0.25, 0.3) is 0 Å². The van der Waals surface area contributed by atoms with E-state index in [4.69, 9.17) is 5.73 Å². The van der Waals surface area contributed by atoms with Gasteiger partial charge in [0.2, 0.25) is 5.95 Å². The predicted octanol–water partition coefficient (Wildman–Crippen LogP) is -0.823. The van der Waals surface area contributed by atoms with Crippen LogP contribution in [-0.4, -0.2) is 28.2 Å². The van der Waals surface area contributed by atoms with E-state index in [1.807, 2.05) is 11.9 Å². The zero-order valence-corrected chi connectivity index (χ0v) is 8.24. The first-order chi connectivity index (χ1) is 6.59. The van der Waals surface area contributed by atoms with Gasteiger partial charge in [-0.1, -0.05) is 0 Å². The fraction of sp³-hybridized carbons (Fsp3) is 0.500. The highest BCUT2D eigenvalue weighted by Crippen LogP contribution is 2.17. The lowest BCUT2D eigenvalue weighted by atomic mass is 10.2. The first kappa shape index (κ1) is 9.01. The summed E-state index contributed by atoms with van der Waals surface area (Å²) in [7, 11) is 3.73. The van der Waals surface area contributed by atoms with E-state index < -0.39 is 0 Å². The zero-order chi connectivity index (χ0) is 10.3. The summed E-state index contributed by atoms with van der Waals surface area (Å²) in [4.78, 5) is 17.3. The van der Waals surface area contributed by atoms with Crippen molar-refractivity contribution in [2.45, 2.75) is 6.54 Å². The van der Waals surface area contributed by atoms with E-state index in [1.54, 1.807) is 11.6 Å². The molecule has 3 N–H and O–H groups in total. The average molecular weight is 195 g/mol. The smallest absolute Gasteiger partial charge is 0.281 e. The van der Waals surface area contributed by atoms with E-state index in [-0.39, 0.29) is 11.5 Å². The van der Waals surface area contributed by atoms with E-state index in [9.17, 15) is 4.79 Å². The molecule has 0 atom stereocenters. The topological polar surface area (TPSA) is 76.2 Å². The first-order valence-electron chi connectivity index (χ1n) is 4.37. The molecule has 1 aliphatic heterocycles. The summed E-state index contributed by atoms with van der Waals surface area (Å²) in [6.07, 6.45) is 0. The van der Waals surface area contributed by atoms with Crippen LogP contribution in [0.5, 0.6) is 0 Å². The predicted molar refractivity (Wildman–Crippen MR) is 53.8 cm³/mol. The van der Waals surface area contributed by atoms with Gasteiger partial charge in [-0.05, 0) is 7.05 Å². The fourth-order valence-corrected chi connectivity index (χ4v) is 1.57. The Morgan fingerprint density at radius 3 is 2.93 bits per heavy atom. The number of hydrogen-bond donors (Lipinski definition) is 2. The highest BCUT2D eigenvalue weighted by molar-refractivity contribution is 5.49. The Balaban J connectivity index is 2.63. The summed E-state index contributed by atoms with van der Waals surface area (Å²) in [6, 6.07) is 0. The maximum atomic E-state index is 11.5. The SMILES string of the molecule is CN1CNc2c(c(=O)nc(N)n2C)C1. The number of fused-ring (bicyclic) bond motifs is 1. The van der Waals surface area contributed by atoms with E-state index >= 15 is 0 Å². The standard InChI is InChI=1S/C8H13N5O/c1-12-3-5-6(10-4-12)13(2)8(9)11-7(5)14/h10H,3-4H2,1-2H3,(H2,9,11,14). The Kier molecular flexibility index (Phi) is 1.92. The molecule has 2 heterocycles. The van der Waals surface area contributed by atoms with Gasteiger partial charge in [-0.2, -0.15) is 4.98 Å². The number of hydrogen-bond acceptors (Lipinski definition) is 5. The summed E-state index contributed by atoms with van der Waals surface area (Å²) in [5.41, 5.74) is 6.01. The molecule has 6 heteroatoms. The Morgan fingerprint density at radius 1 is 1.50 bits per heavy atom. The summed E-state index contributed by atoms with van der Waals surface area (Å²) in [5.74, 6) is 1.02. The maximum absolute atomic E-state index is 11.5. The third-order valence-electron chi connectivity index (χ3n) is 2.38. The molecule has 0 unspecified atom stereocenters. The van der Waals surface area contributed by atoms with Crippen LogP contribution < -0.4 is 16.6 Å². The summed E-state index contributed by atoms with van der Waals surface area (Å²) in [6.45, 7) is 1.33. The van der Waals surface area contributed by atoms with Gasteiger partial charge in [-0.25, -0.2) is 0 Å². The molecule has 1 aromatic heterocycles. The molecular formula is C8H13N5O. The largest absolute Gasteiger partial charge is 0.369 e. The monoisotopic (exact) mass is 195 g/mol. The third kappa shape index (κ3) is 1.24. The average Bonchev–Trinajstić information content (AvgIpc) is 2.14. The van der Waals surface area contributed by atoms with Crippen molar-refractivity contribution in [2.24, 2.45) is 7.05 Å². The summed E-state index contributed by atoms with van der Waals surface area (Å²) in [5, 5.41) is 3.13. The second-order valence-corrected chi connectivity index (χ2v) is 3.51. The van der Waals surface area contributed by atoms with Gasteiger partial charge < -0.3 is 15.6 Å². The summed E-state index contributed by atoms with van der Waals surface area (Å²) >= 11 is 0. The van der Waals surface area contributed by atoms with Crippen LogP contribution in [0, 0.1) is 0 Å². The van der Waals surface area contributed by atoms with Crippen molar-refractivity contribution in [2.75, 3.05) is 24.8 Å². The molecule has 0 bridgehead atoms. The number of aromatic nitrogens is 2. The van der Waals surface area contributed by atoms with Crippen molar-refractivity contribution in [1.29, 1.82) is 0 Å². The molecule has 0 aliphatic carbocycles. The van der Waals surface area contributed by atoms with Crippen LogP contribution in [0.3, 0.4) is 0 Å². The Labute approximate surface area is 81.3 Å². The molecule has 0 saturated heterocycles. The molecule has 0 radical (unpaired) electrons. The molecule has 0 amide bonds. The van der Waals surface area contributed by atoms with Crippen molar-refractivity contribution in [3.63, 3.8) is 0 Å². The van der Waals surface area contributed by atoms with Gasteiger partial charge in [0.1, 0.15) is 5.82 Å². The summed E-state index contributed by atoms with van der Waals surface area (Å²) < 4.78 is 1.70. The Bertz CT molecular complexity index is 424. The minimum Gasteiger partial charge on any atom is -0.369 e. The zero-order valence-electron chi connectivity index (χ0n) is 8.24. The number of nitrogens with zero attached hydrogens (tertiary/aromatic N) is 3. The molecule has 1 aromatic rings. The second-order valence-electron chi connectivity index (χ2n) is 3.51. The quantitative estimate of drug-likeness (QED) is 0.565. The Hall–Kier alpha value is -1.56. The molecule has 14 heavy (non-hydrogen) atoms. The number of nitrogens with one attached hydrogen (secondary N) is 1. The van der Waals surface area contributed by atoms with E-state index in [0.717, 1.165) is 5.82 Å². The lowest BCUT2D eigenvalue weighted by Crippen LogP contribution is -2.37. The van der Waals surface area contributed by atoms with Crippen molar-refractivity contribution in [3.8, 4) is 0 Å². The van der Waals surface area contributed by atoms with Crippen LogP contribution in [0.4, 0.5) is 11.8 Å². The van der Waals surface area contributed by atoms with Crippen LogP contribution in [0.15, 0.2) is 4.79 Å². The molecule has 0 aromatic carbocycles. The fourth-order valence-electron chi connectivity index (χ4n) is 1.57. The van der Waals surface area contributed by atoms with Crippen molar-refractivity contribution in [3.05, 3.63) is 15.9 Å². The lowest BCUT2D eigenvalue weighted by molar-refractivity contribution is 0.335. The maximum Gasteiger partial charge on any atom is 0.281 e. The highest BCUT2D eigenvalue weighted by Gasteiger charge is 2.19. The van der Waals surface area contributed by atoms with E-state index in [1.165, 1.54) is 0 Å². The highest BCUT2D eigenvalue weighted by atomic mass is 16.1. The van der Waals surface area contributed by atoms with Gasteiger partial charge in [-0.3, -0.25) is 9.69 Å². The molecular weight excluding hydrogens is 182 g/mol. The van der Waals surface area contributed by atoms with Gasteiger partial charge in [0, 0.05) is 13.6 Å². The minimum absolute atomic E-state index is 0.241. The molecule has 0 fully saturated rings. The molecule has 0 saturated carbocycles. The van der Waals surface area contributed by atoms with Gasteiger partial charge in [0.05, 0.1) is 12.2 Å². The van der Waals surface area contributed by atoms with Gasteiger partial charge in [-0.15, -0.1) is 0 Å². The van der Waals surface area contributed by atoms with E-state index in [0.29, 0.717) is 18.8 Å². The van der Waals surface area contributed by atoms with Crippen LogP contribution in [-0.2, 0) is 13.6 Å². The van der Waals surface area contributed by atoms with Crippen molar-refractivity contribution in [1.82, 2.24) is 14.5 Å². The molecule has 1 aliphatic rings. The third-order valence-corrected chi connectivity index (χ3v) is 2.38. The number of nitrogen functional groups attached to an aromatic ring is 1. The van der Waals surface area contributed by atoms with Crippen LogP contribution in [0.1, 0.15) is 5.56 Å². The van der Waals surface area contributed by atoms with Gasteiger partial charge >= 0.3 is 0 Å². The number of rotatable bonds is 0. The van der Waals surface area contributed by atoms with Crippen LogP contribution >= 0.6 is 0 Å². The lowest BCUT2D eigenvalue weighted by Gasteiger charge is -2.27. The van der Waals surface area contributed by atoms with Crippen LogP contribution in [0.2, 0.25) is 0 Å². The number of anilines is 2. The molecule has 2 rings (SSSR count). The van der Waals surface area contributed by atoms with E-state index in [2.05, 4.69) is 10.3 Å². The normalized spacial score (nSPS) is 16.1. The van der Waals surface area contributed by atoms with Gasteiger partial charge in [0.25, 0.3) is 5.56 Å². The molecule has 6 nitrogen and oxygen atoms in total. The molecule has 76 valence electrons. The van der Waals surface area contributed by atoms with Gasteiger partial charge in [0.15, 0.2) is 0 Å². The second kappa shape index (κ2) is 2.98. The van der Waals surface area contributed by atoms with Crippen molar-refractivity contribution < 1.29 is 0 Å². The number of nitrogens with two attached hydrogens (primary N) is 1. The minimum atomic E-state index is -0.241. The Morgan fingerprint density at radius 2 is 2.21 bits per heavy atom. The first-order valence-corrected chi connectivity index (χ1v) is 4.37. The van der Waals surface area contributed by atoms with Crippen molar-refractivity contribution >= 4 is 11.8 Å². The molecule has 0 spiro atoms.